The Hall–Kier alpha value is -1.77. The zero-order chi connectivity index (χ0) is 12.3. The third kappa shape index (κ3) is 2.49. The Labute approximate surface area is 102 Å². The summed E-state index contributed by atoms with van der Waals surface area (Å²) in [5, 5.41) is 4.57. The zero-order valence-electron chi connectivity index (χ0n) is 10.5. The number of unbranched alkanes of at least 4 members (excludes halogenated alkanes) is 1. The van der Waals surface area contributed by atoms with Gasteiger partial charge < -0.3 is 5.73 Å². The smallest absolute Gasteiger partial charge is 0.115 e. The van der Waals surface area contributed by atoms with Gasteiger partial charge in [0.1, 0.15) is 5.69 Å². The molecule has 0 saturated heterocycles. The van der Waals surface area contributed by atoms with Gasteiger partial charge in [0.25, 0.3) is 0 Å². The number of hydrogen-bond donors (Lipinski definition) is 1. The molecule has 0 atom stereocenters. The molecule has 2 N–H and O–H groups in total. The average Bonchev–Trinajstić information content (AvgIpc) is 2.68. The lowest BCUT2D eigenvalue weighted by Crippen LogP contribution is -1.98. The van der Waals surface area contributed by atoms with E-state index in [9.17, 15) is 0 Å². The topological polar surface area (TPSA) is 43.8 Å². The van der Waals surface area contributed by atoms with Gasteiger partial charge in [-0.2, -0.15) is 5.10 Å². The molecule has 0 radical (unpaired) electrons. The van der Waals surface area contributed by atoms with Gasteiger partial charge in [-0.1, -0.05) is 37.6 Å². The first-order valence-electron chi connectivity index (χ1n) is 6.11. The second-order valence-corrected chi connectivity index (χ2v) is 4.36. The molecule has 0 aliphatic rings. The third-order valence-electron chi connectivity index (χ3n) is 2.93. The molecule has 3 heteroatoms. The molecule has 0 aliphatic heterocycles. The van der Waals surface area contributed by atoms with Crippen molar-refractivity contribution in [3.63, 3.8) is 0 Å². The Balaban J connectivity index is 2.33. The molecule has 17 heavy (non-hydrogen) atoms. The monoisotopic (exact) mass is 229 g/mol. The van der Waals surface area contributed by atoms with Crippen LogP contribution in [0.25, 0.3) is 11.3 Å². The Morgan fingerprint density at radius 2 is 2.06 bits per heavy atom. The van der Waals surface area contributed by atoms with Gasteiger partial charge in [0, 0.05) is 18.3 Å². The van der Waals surface area contributed by atoms with E-state index < -0.39 is 0 Å². The Kier molecular flexibility index (Phi) is 3.47. The van der Waals surface area contributed by atoms with Crippen LogP contribution in [0.1, 0.15) is 25.3 Å². The molecule has 0 amide bonds. The summed E-state index contributed by atoms with van der Waals surface area (Å²) in [5.74, 6) is 0. The van der Waals surface area contributed by atoms with Crippen molar-refractivity contribution < 1.29 is 0 Å². The molecular formula is C14H19N3. The summed E-state index contributed by atoms with van der Waals surface area (Å²) in [4.78, 5) is 0. The van der Waals surface area contributed by atoms with E-state index in [2.05, 4.69) is 31.1 Å². The van der Waals surface area contributed by atoms with Crippen molar-refractivity contribution in [2.24, 2.45) is 0 Å². The van der Waals surface area contributed by atoms with Crippen LogP contribution in [0.15, 0.2) is 30.5 Å². The predicted octanol–water partition coefficient (Wildman–Crippen LogP) is 3.24. The van der Waals surface area contributed by atoms with Gasteiger partial charge in [-0.15, -0.1) is 0 Å². The lowest BCUT2D eigenvalue weighted by molar-refractivity contribution is 0.573. The van der Waals surface area contributed by atoms with E-state index >= 15 is 0 Å². The van der Waals surface area contributed by atoms with Crippen LogP contribution in [-0.2, 0) is 6.54 Å². The molecule has 0 unspecified atom stereocenters. The lowest BCUT2D eigenvalue weighted by Gasteiger charge is -2.02. The van der Waals surface area contributed by atoms with Crippen molar-refractivity contribution >= 4 is 5.69 Å². The van der Waals surface area contributed by atoms with Gasteiger partial charge >= 0.3 is 0 Å². The number of benzene rings is 1. The fourth-order valence-corrected chi connectivity index (χ4v) is 1.92. The zero-order valence-corrected chi connectivity index (χ0v) is 10.5. The van der Waals surface area contributed by atoms with Crippen LogP contribution in [0, 0.1) is 6.92 Å². The highest BCUT2D eigenvalue weighted by Crippen LogP contribution is 2.26. The number of aromatic nitrogens is 2. The van der Waals surface area contributed by atoms with Crippen molar-refractivity contribution in [2.75, 3.05) is 5.73 Å². The summed E-state index contributed by atoms with van der Waals surface area (Å²) < 4.78 is 1.95. The van der Waals surface area contributed by atoms with Crippen LogP contribution < -0.4 is 5.73 Å². The maximum absolute atomic E-state index is 6.03. The predicted molar refractivity (Wildman–Crippen MR) is 71.7 cm³/mol. The molecule has 0 saturated carbocycles. The fraction of sp³-hybridized carbons (Fsp3) is 0.357. The number of nitrogens with zero attached hydrogens (tertiary/aromatic N) is 2. The van der Waals surface area contributed by atoms with Crippen LogP contribution in [0.4, 0.5) is 5.69 Å². The van der Waals surface area contributed by atoms with Gasteiger partial charge in [0.15, 0.2) is 0 Å². The van der Waals surface area contributed by atoms with E-state index in [1.165, 1.54) is 12.0 Å². The molecule has 0 bridgehead atoms. The van der Waals surface area contributed by atoms with E-state index in [1.807, 2.05) is 23.0 Å². The summed E-state index contributed by atoms with van der Waals surface area (Å²) in [6.45, 7) is 5.20. The van der Waals surface area contributed by atoms with Crippen molar-refractivity contribution in [1.82, 2.24) is 9.78 Å². The second kappa shape index (κ2) is 5.04. The average molecular weight is 229 g/mol. The van der Waals surface area contributed by atoms with E-state index in [0.717, 1.165) is 29.9 Å². The summed E-state index contributed by atoms with van der Waals surface area (Å²) in [6.07, 6.45) is 4.23. The van der Waals surface area contributed by atoms with Gasteiger partial charge in [-0.3, -0.25) is 4.68 Å². The van der Waals surface area contributed by atoms with Gasteiger partial charge in [0.05, 0.1) is 5.69 Å². The molecule has 0 aliphatic carbocycles. The van der Waals surface area contributed by atoms with Gasteiger partial charge in [-0.25, -0.2) is 0 Å². The minimum absolute atomic E-state index is 0.760. The highest BCUT2D eigenvalue weighted by atomic mass is 15.3. The highest BCUT2D eigenvalue weighted by molar-refractivity contribution is 5.74. The first-order chi connectivity index (χ1) is 8.22. The second-order valence-electron chi connectivity index (χ2n) is 4.36. The summed E-state index contributed by atoms with van der Waals surface area (Å²) >= 11 is 0. The number of hydrogen-bond acceptors (Lipinski definition) is 2. The number of nitrogen functional groups attached to an aromatic ring is 1. The maximum Gasteiger partial charge on any atom is 0.115 e. The molecule has 2 rings (SSSR count). The summed E-state index contributed by atoms with van der Waals surface area (Å²) in [5.41, 5.74) is 10.0. The van der Waals surface area contributed by atoms with Crippen LogP contribution in [0.2, 0.25) is 0 Å². The SMILES string of the molecule is CCCCn1cc(N)c(-c2ccccc2C)n1. The van der Waals surface area contributed by atoms with Crippen LogP contribution >= 0.6 is 0 Å². The summed E-state index contributed by atoms with van der Waals surface area (Å²) in [6, 6.07) is 8.20. The Morgan fingerprint density at radius 1 is 1.29 bits per heavy atom. The van der Waals surface area contributed by atoms with E-state index in [0.29, 0.717) is 0 Å². The number of nitrogens with two attached hydrogens (primary N) is 1. The first-order valence-corrected chi connectivity index (χ1v) is 6.11. The standard InChI is InChI=1S/C14H19N3/c1-3-4-9-17-10-13(15)14(16-17)12-8-6-5-7-11(12)2/h5-8,10H,3-4,9,15H2,1-2H3. The van der Waals surface area contributed by atoms with Crippen molar-refractivity contribution in [3.05, 3.63) is 36.0 Å². The molecular weight excluding hydrogens is 210 g/mol. The molecule has 1 aromatic carbocycles. The van der Waals surface area contributed by atoms with E-state index in [1.54, 1.807) is 0 Å². The van der Waals surface area contributed by atoms with Crippen molar-refractivity contribution in [3.8, 4) is 11.3 Å². The summed E-state index contributed by atoms with van der Waals surface area (Å²) in [7, 11) is 0. The number of aryl methyl sites for hydroxylation is 2. The number of rotatable bonds is 4. The quantitative estimate of drug-likeness (QED) is 0.874. The third-order valence-corrected chi connectivity index (χ3v) is 2.93. The van der Waals surface area contributed by atoms with Crippen LogP contribution in [0.3, 0.4) is 0 Å². The molecule has 3 nitrogen and oxygen atoms in total. The van der Waals surface area contributed by atoms with Crippen molar-refractivity contribution in [1.29, 1.82) is 0 Å². The minimum Gasteiger partial charge on any atom is -0.396 e. The Morgan fingerprint density at radius 3 is 2.76 bits per heavy atom. The number of anilines is 1. The van der Waals surface area contributed by atoms with Crippen LogP contribution in [-0.4, -0.2) is 9.78 Å². The minimum atomic E-state index is 0.760. The largest absolute Gasteiger partial charge is 0.396 e. The van der Waals surface area contributed by atoms with E-state index in [-0.39, 0.29) is 0 Å². The highest BCUT2D eigenvalue weighted by Gasteiger charge is 2.09. The van der Waals surface area contributed by atoms with Gasteiger partial charge in [0.2, 0.25) is 0 Å². The lowest BCUT2D eigenvalue weighted by atomic mass is 10.1. The maximum atomic E-state index is 6.03. The molecule has 2 aromatic rings. The normalized spacial score (nSPS) is 10.7. The first kappa shape index (κ1) is 11.7. The van der Waals surface area contributed by atoms with Crippen LogP contribution in [0.5, 0.6) is 0 Å². The van der Waals surface area contributed by atoms with Crippen molar-refractivity contribution in [2.45, 2.75) is 33.2 Å². The molecule has 0 spiro atoms. The molecule has 1 heterocycles. The molecule has 0 fully saturated rings. The van der Waals surface area contributed by atoms with Gasteiger partial charge in [-0.05, 0) is 18.9 Å². The Bertz CT molecular complexity index is 500. The molecule has 1 aromatic heterocycles. The van der Waals surface area contributed by atoms with E-state index in [4.69, 9.17) is 5.73 Å². The fourth-order valence-electron chi connectivity index (χ4n) is 1.92. The molecule has 90 valence electrons.